The van der Waals surface area contributed by atoms with Gasteiger partial charge >= 0.3 is 0 Å². The van der Waals surface area contributed by atoms with Crippen molar-refractivity contribution in [3.8, 4) is 6.07 Å². The monoisotopic (exact) mass is 229 g/mol. The van der Waals surface area contributed by atoms with Gasteiger partial charge in [-0.1, -0.05) is 6.07 Å². The minimum absolute atomic E-state index is 0.117. The van der Waals surface area contributed by atoms with Crippen molar-refractivity contribution in [2.45, 2.75) is 19.4 Å². The number of nitriles is 1. The van der Waals surface area contributed by atoms with Crippen LogP contribution in [-0.4, -0.2) is 30.4 Å². The van der Waals surface area contributed by atoms with Crippen molar-refractivity contribution < 1.29 is 4.79 Å². The lowest BCUT2D eigenvalue weighted by atomic mass is 10.1. The van der Waals surface area contributed by atoms with Gasteiger partial charge in [-0.05, 0) is 31.0 Å². The maximum Gasteiger partial charge on any atom is 0.244 e. The molecule has 1 fully saturated rings. The third kappa shape index (κ3) is 2.23. The van der Waals surface area contributed by atoms with E-state index >= 15 is 0 Å². The van der Waals surface area contributed by atoms with Crippen LogP contribution in [-0.2, 0) is 4.79 Å². The van der Waals surface area contributed by atoms with Gasteiger partial charge in [0.15, 0.2) is 0 Å². The topological polar surface area (TPSA) is 56.1 Å². The third-order valence-corrected chi connectivity index (χ3v) is 3.12. The van der Waals surface area contributed by atoms with Crippen molar-refractivity contribution >= 4 is 11.6 Å². The van der Waals surface area contributed by atoms with Crippen LogP contribution >= 0.6 is 0 Å². The fraction of sp³-hybridized carbons (Fsp3) is 0.385. The van der Waals surface area contributed by atoms with Crippen molar-refractivity contribution in [3.63, 3.8) is 0 Å². The standard InChI is InChI=1S/C13H15N3O/c1-9-3-4-10(8-14)7-12(9)15-11-5-6-16(2)13(11)17/h3-4,7,11,15H,5-6H2,1-2H3. The summed E-state index contributed by atoms with van der Waals surface area (Å²) < 4.78 is 0. The van der Waals surface area contributed by atoms with Crippen LogP contribution in [0.2, 0.25) is 0 Å². The Labute approximate surface area is 101 Å². The molecule has 1 heterocycles. The zero-order valence-corrected chi connectivity index (χ0v) is 10.0. The van der Waals surface area contributed by atoms with E-state index in [-0.39, 0.29) is 11.9 Å². The molecule has 1 aromatic carbocycles. The minimum Gasteiger partial charge on any atom is -0.373 e. The molecular formula is C13H15N3O. The second kappa shape index (κ2) is 4.46. The molecule has 4 nitrogen and oxygen atoms in total. The minimum atomic E-state index is -0.160. The molecule has 4 heteroatoms. The lowest BCUT2D eigenvalue weighted by molar-refractivity contribution is -0.127. The number of likely N-dealkylation sites (tertiary alicyclic amines) is 1. The zero-order chi connectivity index (χ0) is 12.4. The molecule has 1 unspecified atom stereocenters. The maximum atomic E-state index is 11.8. The Morgan fingerprint density at radius 2 is 2.29 bits per heavy atom. The van der Waals surface area contributed by atoms with E-state index in [4.69, 9.17) is 5.26 Å². The van der Waals surface area contributed by atoms with Crippen LogP contribution in [0, 0.1) is 18.3 Å². The first kappa shape index (κ1) is 11.5. The summed E-state index contributed by atoms with van der Waals surface area (Å²) in [4.78, 5) is 13.5. The van der Waals surface area contributed by atoms with Gasteiger partial charge in [0.25, 0.3) is 0 Å². The smallest absolute Gasteiger partial charge is 0.244 e. The van der Waals surface area contributed by atoms with E-state index < -0.39 is 0 Å². The second-order valence-electron chi connectivity index (χ2n) is 4.39. The highest BCUT2D eigenvalue weighted by atomic mass is 16.2. The Hall–Kier alpha value is -2.02. The Bertz CT molecular complexity index is 490. The van der Waals surface area contributed by atoms with Crippen LogP contribution in [0.5, 0.6) is 0 Å². The number of likely N-dealkylation sites (N-methyl/N-ethyl adjacent to an activating group) is 1. The number of rotatable bonds is 2. The Morgan fingerprint density at radius 1 is 1.53 bits per heavy atom. The summed E-state index contributed by atoms with van der Waals surface area (Å²) in [6.07, 6.45) is 0.811. The van der Waals surface area contributed by atoms with Crippen molar-refractivity contribution in [1.82, 2.24) is 4.90 Å². The number of hydrogen-bond donors (Lipinski definition) is 1. The van der Waals surface area contributed by atoms with Crippen molar-refractivity contribution in [3.05, 3.63) is 29.3 Å². The van der Waals surface area contributed by atoms with Gasteiger partial charge in [0.05, 0.1) is 11.6 Å². The van der Waals surface area contributed by atoms with E-state index in [1.165, 1.54) is 0 Å². The van der Waals surface area contributed by atoms with Gasteiger partial charge in [-0.3, -0.25) is 4.79 Å². The van der Waals surface area contributed by atoms with Gasteiger partial charge in [-0.15, -0.1) is 0 Å². The van der Waals surface area contributed by atoms with Gasteiger partial charge in [0.1, 0.15) is 6.04 Å². The first-order chi connectivity index (χ1) is 8.11. The van der Waals surface area contributed by atoms with Crippen LogP contribution < -0.4 is 5.32 Å². The predicted octanol–water partition coefficient (Wildman–Crippen LogP) is 1.51. The molecular weight excluding hydrogens is 214 g/mol. The number of aryl methyl sites for hydroxylation is 1. The van der Waals surface area contributed by atoms with Gasteiger partial charge in [-0.25, -0.2) is 0 Å². The van der Waals surface area contributed by atoms with Crippen LogP contribution in [0.15, 0.2) is 18.2 Å². The number of benzene rings is 1. The summed E-state index contributed by atoms with van der Waals surface area (Å²) in [6, 6.07) is 7.41. The number of hydrogen-bond acceptors (Lipinski definition) is 3. The summed E-state index contributed by atoms with van der Waals surface area (Å²) in [5, 5.41) is 12.1. The van der Waals surface area contributed by atoms with Crippen LogP contribution in [0.3, 0.4) is 0 Å². The first-order valence-electron chi connectivity index (χ1n) is 5.64. The number of amides is 1. The molecule has 1 aliphatic rings. The van der Waals surface area contributed by atoms with E-state index in [1.54, 1.807) is 17.0 Å². The molecule has 0 aliphatic carbocycles. The molecule has 17 heavy (non-hydrogen) atoms. The number of carbonyl (C=O) groups is 1. The Morgan fingerprint density at radius 3 is 2.88 bits per heavy atom. The fourth-order valence-electron chi connectivity index (χ4n) is 1.99. The van der Waals surface area contributed by atoms with Gasteiger partial charge < -0.3 is 10.2 Å². The molecule has 2 rings (SSSR count). The highest BCUT2D eigenvalue weighted by Gasteiger charge is 2.28. The quantitative estimate of drug-likeness (QED) is 0.836. The van der Waals surface area contributed by atoms with Gasteiger partial charge in [0.2, 0.25) is 5.91 Å². The highest BCUT2D eigenvalue weighted by molar-refractivity contribution is 5.86. The molecule has 1 N–H and O–H groups in total. The molecule has 0 spiro atoms. The highest BCUT2D eigenvalue weighted by Crippen LogP contribution is 2.20. The van der Waals surface area contributed by atoms with Crippen molar-refractivity contribution in [2.24, 2.45) is 0 Å². The maximum absolute atomic E-state index is 11.8. The Balaban J connectivity index is 2.19. The van der Waals surface area contributed by atoms with E-state index in [9.17, 15) is 4.79 Å². The third-order valence-electron chi connectivity index (χ3n) is 3.12. The van der Waals surface area contributed by atoms with Crippen molar-refractivity contribution in [1.29, 1.82) is 5.26 Å². The summed E-state index contributed by atoms with van der Waals surface area (Å²) in [5.74, 6) is 0.117. The number of nitrogens with one attached hydrogen (secondary N) is 1. The van der Waals surface area contributed by atoms with Gasteiger partial charge in [0, 0.05) is 19.3 Å². The molecule has 0 bridgehead atoms. The molecule has 0 saturated carbocycles. The van der Waals surface area contributed by atoms with E-state index in [1.807, 2.05) is 20.0 Å². The number of anilines is 1. The molecule has 1 aromatic rings. The lowest BCUT2D eigenvalue weighted by Gasteiger charge is -2.15. The average molecular weight is 229 g/mol. The van der Waals surface area contributed by atoms with Crippen LogP contribution in [0.4, 0.5) is 5.69 Å². The lowest BCUT2D eigenvalue weighted by Crippen LogP contribution is -2.31. The molecule has 1 saturated heterocycles. The summed E-state index contributed by atoms with van der Waals surface area (Å²) in [5.41, 5.74) is 2.53. The molecule has 0 radical (unpaired) electrons. The summed E-state index contributed by atoms with van der Waals surface area (Å²) >= 11 is 0. The predicted molar refractivity (Wildman–Crippen MR) is 65.6 cm³/mol. The fourth-order valence-corrected chi connectivity index (χ4v) is 1.99. The van der Waals surface area contributed by atoms with Crippen molar-refractivity contribution in [2.75, 3.05) is 18.9 Å². The number of nitrogens with zero attached hydrogens (tertiary/aromatic N) is 2. The molecule has 1 amide bonds. The molecule has 88 valence electrons. The SMILES string of the molecule is Cc1ccc(C#N)cc1NC1CCN(C)C1=O. The largest absolute Gasteiger partial charge is 0.373 e. The number of carbonyl (C=O) groups excluding carboxylic acids is 1. The van der Waals surface area contributed by atoms with E-state index in [0.717, 1.165) is 24.2 Å². The average Bonchev–Trinajstić information content (AvgIpc) is 2.64. The second-order valence-corrected chi connectivity index (χ2v) is 4.39. The Kier molecular flexibility index (Phi) is 3.01. The summed E-state index contributed by atoms with van der Waals surface area (Å²) in [6.45, 7) is 2.75. The first-order valence-corrected chi connectivity index (χ1v) is 5.64. The van der Waals surface area contributed by atoms with E-state index in [0.29, 0.717) is 5.56 Å². The van der Waals surface area contributed by atoms with E-state index in [2.05, 4.69) is 11.4 Å². The van der Waals surface area contributed by atoms with Gasteiger partial charge in [-0.2, -0.15) is 5.26 Å². The normalized spacial score (nSPS) is 19.2. The molecule has 0 aromatic heterocycles. The zero-order valence-electron chi connectivity index (χ0n) is 10.0. The summed E-state index contributed by atoms with van der Waals surface area (Å²) in [7, 11) is 1.81. The molecule has 1 atom stereocenters. The van der Waals surface area contributed by atoms with Crippen LogP contribution in [0.25, 0.3) is 0 Å². The van der Waals surface area contributed by atoms with Crippen LogP contribution in [0.1, 0.15) is 17.5 Å². The molecule has 1 aliphatic heterocycles.